The number of anilines is 1. The van der Waals surface area contributed by atoms with E-state index in [1.807, 2.05) is 6.07 Å². The highest BCUT2D eigenvalue weighted by Gasteiger charge is 2.38. The number of fused-ring (bicyclic) bond motifs is 1. The minimum atomic E-state index is -0.398. The van der Waals surface area contributed by atoms with Gasteiger partial charge in [0.2, 0.25) is 0 Å². The van der Waals surface area contributed by atoms with Gasteiger partial charge in [-0.25, -0.2) is 4.90 Å². The maximum Gasteiger partial charge on any atom is 0.266 e. The molecule has 0 saturated carbocycles. The molecule has 0 radical (unpaired) electrons. The fraction of sp³-hybridized carbons (Fsp3) is 0.0667. The SMILES string of the molecule is Cc1cc(O)cc2c1C(=O)N(c1ccccc1)C2=O. The van der Waals surface area contributed by atoms with E-state index in [9.17, 15) is 14.7 Å². The molecule has 1 aliphatic rings. The fourth-order valence-corrected chi connectivity index (χ4v) is 2.36. The predicted octanol–water partition coefficient (Wildman–Crippen LogP) is 2.50. The Morgan fingerprint density at radius 2 is 1.68 bits per heavy atom. The summed E-state index contributed by atoms with van der Waals surface area (Å²) in [6.45, 7) is 1.71. The first-order valence-electron chi connectivity index (χ1n) is 5.87. The van der Waals surface area contributed by atoms with E-state index in [0.29, 0.717) is 16.8 Å². The number of phenols is 1. The quantitative estimate of drug-likeness (QED) is 0.794. The van der Waals surface area contributed by atoms with Crippen molar-refractivity contribution < 1.29 is 14.7 Å². The standard InChI is InChI=1S/C15H11NO3/c1-9-7-11(17)8-12-13(9)15(19)16(14(12)18)10-5-3-2-4-6-10/h2-8,17H,1H3. The molecule has 19 heavy (non-hydrogen) atoms. The van der Waals surface area contributed by atoms with Gasteiger partial charge < -0.3 is 5.11 Å². The molecule has 4 nitrogen and oxygen atoms in total. The number of aryl methyl sites for hydroxylation is 1. The molecule has 1 heterocycles. The van der Waals surface area contributed by atoms with Crippen molar-refractivity contribution in [3.8, 4) is 5.75 Å². The van der Waals surface area contributed by atoms with Crippen LogP contribution in [-0.4, -0.2) is 16.9 Å². The second kappa shape index (κ2) is 3.95. The van der Waals surface area contributed by atoms with Crippen molar-refractivity contribution >= 4 is 17.5 Å². The number of hydrogen-bond donors (Lipinski definition) is 1. The van der Waals surface area contributed by atoms with Crippen LogP contribution >= 0.6 is 0 Å². The van der Waals surface area contributed by atoms with E-state index in [4.69, 9.17) is 0 Å². The summed E-state index contributed by atoms with van der Waals surface area (Å²) >= 11 is 0. The maximum absolute atomic E-state index is 12.4. The molecule has 94 valence electrons. The van der Waals surface area contributed by atoms with Crippen molar-refractivity contribution in [2.24, 2.45) is 0 Å². The normalized spacial score (nSPS) is 13.8. The highest BCUT2D eigenvalue weighted by molar-refractivity contribution is 6.35. The third-order valence-corrected chi connectivity index (χ3v) is 3.19. The lowest BCUT2D eigenvalue weighted by atomic mass is 10.0. The number of para-hydroxylation sites is 1. The van der Waals surface area contributed by atoms with Crippen molar-refractivity contribution in [3.63, 3.8) is 0 Å². The van der Waals surface area contributed by atoms with E-state index >= 15 is 0 Å². The lowest BCUT2D eigenvalue weighted by molar-refractivity contribution is 0.0926. The summed E-state index contributed by atoms with van der Waals surface area (Å²) in [5.41, 5.74) is 1.76. The summed E-state index contributed by atoms with van der Waals surface area (Å²) in [6.07, 6.45) is 0. The Bertz CT molecular complexity index is 692. The lowest BCUT2D eigenvalue weighted by Crippen LogP contribution is -2.29. The van der Waals surface area contributed by atoms with Crippen molar-refractivity contribution in [1.82, 2.24) is 0 Å². The van der Waals surface area contributed by atoms with E-state index in [2.05, 4.69) is 0 Å². The van der Waals surface area contributed by atoms with Crippen molar-refractivity contribution in [2.45, 2.75) is 6.92 Å². The molecule has 3 rings (SSSR count). The Hall–Kier alpha value is -2.62. The van der Waals surface area contributed by atoms with Crippen molar-refractivity contribution in [2.75, 3.05) is 4.90 Å². The van der Waals surface area contributed by atoms with Crippen LogP contribution < -0.4 is 4.90 Å². The minimum Gasteiger partial charge on any atom is -0.508 e. The second-order valence-corrected chi connectivity index (χ2v) is 4.47. The molecule has 0 fully saturated rings. The largest absolute Gasteiger partial charge is 0.508 e. The van der Waals surface area contributed by atoms with Crippen molar-refractivity contribution in [3.05, 3.63) is 59.2 Å². The Morgan fingerprint density at radius 3 is 2.37 bits per heavy atom. The average molecular weight is 253 g/mol. The van der Waals surface area contributed by atoms with E-state index in [1.165, 1.54) is 12.1 Å². The van der Waals surface area contributed by atoms with Gasteiger partial charge in [0.1, 0.15) is 5.75 Å². The van der Waals surface area contributed by atoms with Gasteiger partial charge in [0.25, 0.3) is 11.8 Å². The number of benzene rings is 2. The molecule has 0 aromatic heterocycles. The molecular weight excluding hydrogens is 242 g/mol. The van der Waals surface area contributed by atoms with Crippen LogP contribution in [0.1, 0.15) is 26.3 Å². The first-order valence-corrected chi connectivity index (χ1v) is 5.87. The third kappa shape index (κ3) is 1.61. The maximum atomic E-state index is 12.4. The van der Waals surface area contributed by atoms with Gasteiger partial charge >= 0.3 is 0 Å². The Kier molecular flexibility index (Phi) is 2.38. The highest BCUT2D eigenvalue weighted by Crippen LogP contribution is 2.32. The molecule has 2 aromatic carbocycles. The zero-order valence-electron chi connectivity index (χ0n) is 10.3. The summed E-state index contributed by atoms with van der Waals surface area (Å²) < 4.78 is 0. The van der Waals surface area contributed by atoms with Gasteiger partial charge in [-0.05, 0) is 36.8 Å². The molecule has 0 saturated heterocycles. The van der Waals surface area contributed by atoms with Crippen LogP contribution in [0.15, 0.2) is 42.5 Å². The molecule has 0 spiro atoms. The first kappa shape index (κ1) is 11.5. The first-order chi connectivity index (χ1) is 9.09. The summed E-state index contributed by atoms with van der Waals surface area (Å²) in [6, 6.07) is 11.6. The van der Waals surface area contributed by atoms with Gasteiger partial charge in [0.05, 0.1) is 16.8 Å². The molecule has 0 bridgehead atoms. The molecule has 1 N–H and O–H groups in total. The minimum absolute atomic E-state index is 0.00712. The molecule has 0 unspecified atom stereocenters. The number of phenolic OH excluding ortho intramolecular Hbond substituents is 1. The highest BCUT2D eigenvalue weighted by atomic mass is 16.3. The van der Waals surface area contributed by atoms with Crippen LogP contribution in [0.25, 0.3) is 0 Å². The van der Waals surface area contributed by atoms with Gasteiger partial charge in [0, 0.05) is 0 Å². The number of aromatic hydroxyl groups is 1. The van der Waals surface area contributed by atoms with E-state index < -0.39 is 5.91 Å². The zero-order chi connectivity index (χ0) is 13.6. The third-order valence-electron chi connectivity index (χ3n) is 3.19. The van der Waals surface area contributed by atoms with E-state index in [0.717, 1.165) is 4.90 Å². The number of nitrogens with zero attached hydrogens (tertiary/aromatic N) is 1. The van der Waals surface area contributed by atoms with Crippen LogP contribution in [0, 0.1) is 6.92 Å². The Balaban J connectivity index is 2.18. The number of hydrogen-bond acceptors (Lipinski definition) is 3. The van der Waals surface area contributed by atoms with Crippen molar-refractivity contribution in [1.29, 1.82) is 0 Å². The van der Waals surface area contributed by atoms with Crippen LogP contribution in [0.3, 0.4) is 0 Å². The molecular formula is C15H11NO3. The predicted molar refractivity (Wildman–Crippen MR) is 70.4 cm³/mol. The topological polar surface area (TPSA) is 57.6 Å². The fourth-order valence-electron chi connectivity index (χ4n) is 2.36. The van der Waals surface area contributed by atoms with E-state index in [-0.39, 0.29) is 17.2 Å². The van der Waals surface area contributed by atoms with Crippen LogP contribution in [0.2, 0.25) is 0 Å². The van der Waals surface area contributed by atoms with Gasteiger partial charge in [-0.15, -0.1) is 0 Å². The van der Waals surface area contributed by atoms with Gasteiger partial charge in [-0.3, -0.25) is 9.59 Å². The van der Waals surface area contributed by atoms with Crippen LogP contribution in [0.4, 0.5) is 5.69 Å². The molecule has 0 atom stereocenters. The van der Waals surface area contributed by atoms with Crippen LogP contribution in [0.5, 0.6) is 5.75 Å². The summed E-state index contributed by atoms with van der Waals surface area (Å²) in [5, 5.41) is 9.56. The smallest absolute Gasteiger partial charge is 0.266 e. The van der Waals surface area contributed by atoms with Gasteiger partial charge in [-0.1, -0.05) is 18.2 Å². The number of amides is 2. The number of carbonyl (C=O) groups is 2. The monoisotopic (exact) mass is 253 g/mol. The van der Waals surface area contributed by atoms with Crippen LogP contribution in [-0.2, 0) is 0 Å². The summed E-state index contributed by atoms with van der Waals surface area (Å²) in [5.74, 6) is -0.749. The molecule has 0 aliphatic carbocycles. The molecule has 2 amide bonds. The van der Waals surface area contributed by atoms with Gasteiger partial charge in [-0.2, -0.15) is 0 Å². The van der Waals surface area contributed by atoms with Gasteiger partial charge in [0.15, 0.2) is 0 Å². The number of rotatable bonds is 1. The second-order valence-electron chi connectivity index (χ2n) is 4.47. The summed E-state index contributed by atoms with van der Waals surface area (Å²) in [7, 11) is 0. The molecule has 1 aliphatic heterocycles. The number of carbonyl (C=O) groups excluding carboxylic acids is 2. The zero-order valence-corrected chi connectivity index (χ0v) is 10.3. The average Bonchev–Trinajstić information content (AvgIpc) is 2.62. The number of imide groups is 1. The Morgan fingerprint density at radius 1 is 1.00 bits per heavy atom. The molecule has 4 heteroatoms. The lowest BCUT2D eigenvalue weighted by Gasteiger charge is -2.13. The molecule has 2 aromatic rings. The Labute approximate surface area is 109 Å². The van der Waals surface area contributed by atoms with E-state index in [1.54, 1.807) is 31.2 Å². The summed E-state index contributed by atoms with van der Waals surface area (Å²) in [4.78, 5) is 25.8.